The number of halogens is 1. The minimum atomic E-state index is -0.381. The summed E-state index contributed by atoms with van der Waals surface area (Å²) in [5.41, 5.74) is 6.30. The standard InChI is InChI=1S/C11H11FN2O/c1-6-2-3-7-4-8(5-13)11(15)14-10(7)9(6)12/h2-4H,5,13H2,1H3,(H,14,15). The van der Waals surface area contributed by atoms with E-state index in [-0.39, 0.29) is 23.4 Å². The van der Waals surface area contributed by atoms with Crippen molar-refractivity contribution in [2.75, 3.05) is 0 Å². The lowest BCUT2D eigenvalue weighted by Gasteiger charge is -2.04. The molecule has 0 atom stereocenters. The summed E-state index contributed by atoms with van der Waals surface area (Å²) in [5.74, 6) is -0.381. The highest BCUT2D eigenvalue weighted by atomic mass is 19.1. The molecule has 0 aliphatic rings. The van der Waals surface area contributed by atoms with E-state index in [1.165, 1.54) is 0 Å². The number of nitrogens with two attached hydrogens (primary N) is 1. The average molecular weight is 206 g/mol. The third-order valence-corrected chi connectivity index (χ3v) is 2.45. The number of aryl methyl sites for hydroxylation is 1. The Hall–Kier alpha value is -1.68. The molecule has 3 nitrogen and oxygen atoms in total. The number of benzene rings is 1. The summed E-state index contributed by atoms with van der Waals surface area (Å²) in [5, 5.41) is 0.665. The number of nitrogens with one attached hydrogen (secondary N) is 1. The third-order valence-electron chi connectivity index (χ3n) is 2.45. The Morgan fingerprint density at radius 1 is 1.47 bits per heavy atom. The van der Waals surface area contributed by atoms with Crippen LogP contribution in [0, 0.1) is 12.7 Å². The zero-order valence-corrected chi connectivity index (χ0v) is 8.30. The van der Waals surface area contributed by atoms with E-state index in [0.717, 1.165) is 0 Å². The van der Waals surface area contributed by atoms with Crippen LogP contribution in [0.1, 0.15) is 11.1 Å². The van der Waals surface area contributed by atoms with E-state index in [2.05, 4.69) is 4.98 Å². The Bertz CT molecular complexity index is 575. The SMILES string of the molecule is Cc1ccc2cc(CN)c(=O)[nH]c2c1F. The zero-order valence-electron chi connectivity index (χ0n) is 8.30. The first kappa shape index (κ1) is 9.86. The van der Waals surface area contributed by atoms with Gasteiger partial charge in [0.25, 0.3) is 5.56 Å². The average Bonchev–Trinajstić information content (AvgIpc) is 2.24. The quantitative estimate of drug-likeness (QED) is 0.741. The van der Waals surface area contributed by atoms with Crippen molar-refractivity contribution < 1.29 is 4.39 Å². The first-order valence-electron chi connectivity index (χ1n) is 4.64. The third kappa shape index (κ3) is 1.53. The Kier molecular flexibility index (Phi) is 2.28. The van der Waals surface area contributed by atoms with Gasteiger partial charge in [-0.1, -0.05) is 12.1 Å². The molecular weight excluding hydrogens is 195 g/mol. The number of fused-ring (bicyclic) bond motifs is 1. The van der Waals surface area contributed by atoms with Crippen LogP contribution in [0.5, 0.6) is 0 Å². The number of H-pyrrole nitrogens is 1. The molecule has 0 saturated carbocycles. The Morgan fingerprint density at radius 2 is 2.20 bits per heavy atom. The van der Waals surface area contributed by atoms with Gasteiger partial charge in [0.2, 0.25) is 0 Å². The molecule has 2 rings (SSSR count). The molecule has 0 saturated heterocycles. The molecule has 1 aromatic heterocycles. The van der Waals surface area contributed by atoms with Crippen LogP contribution in [0.4, 0.5) is 4.39 Å². The molecule has 0 radical (unpaired) electrons. The van der Waals surface area contributed by atoms with Gasteiger partial charge in [0, 0.05) is 17.5 Å². The minimum Gasteiger partial charge on any atom is -0.326 e. The van der Waals surface area contributed by atoms with Gasteiger partial charge in [-0.05, 0) is 18.6 Å². The number of rotatable bonds is 1. The Labute approximate surface area is 85.7 Å². The van der Waals surface area contributed by atoms with E-state index in [4.69, 9.17) is 5.73 Å². The zero-order chi connectivity index (χ0) is 11.0. The fourth-order valence-electron chi connectivity index (χ4n) is 1.54. The van der Waals surface area contributed by atoms with Gasteiger partial charge in [-0.2, -0.15) is 0 Å². The number of pyridine rings is 1. The van der Waals surface area contributed by atoms with Crippen molar-refractivity contribution in [1.29, 1.82) is 0 Å². The van der Waals surface area contributed by atoms with Crippen molar-refractivity contribution >= 4 is 10.9 Å². The van der Waals surface area contributed by atoms with E-state index in [1.54, 1.807) is 25.1 Å². The number of hydrogen-bond acceptors (Lipinski definition) is 2. The van der Waals surface area contributed by atoms with Crippen molar-refractivity contribution in [1.82, 2.24) is 4.98 Å². The molecule has 1 aromatic carbocycles. The van der Waals surface area contributed by atoms with Crippen molar-refractivity contribution in [3.05, 3.63) is 45.5 Å². The highest BCUT2D eigenvalue weighted by Crippen LogP contribution is 2.17. The summed E-state index contributed by atoms with van der Waals surface area (Å²) in [6.45, 7) is 1.81. The lowest BCUT2D eigenvalue weighted by molar-refractivity contribution is 0.627. The lowest BCUT2D eigenvalue weighted by Crippen LogP contribution is -2.16. The van der Waals surface area contributed by atoms with Crippen LogP contribution < -0.4 is 11.3 Å². The summed E-state index contributed by atoms with van der Waals surface area (Å²) in [6.07, 6.45) is 0. The van der Waals surface area contributed by atoms with Gasteiger partial charge < -0.3 is 10.7 Å². The van der Waals surface area contributed by atoms with Crippen molar-refractivity contribution in [2.45, 2.75) is 13.5 Å². The van der Waals surface area contributed by atoms with Gasteiger partial charge in [0.05, 0.1) is 5.52 Å². The molecule has 15 heavy (non-hydrogen) atoms. The molecule has 0 aliphatic carbocycles. The van der Waals surface area contributed by atoms with Crippen molar-refractivity contribution in [3.8, 4) is 0 Å². The smallest absolute Gasteiger partial charge is 0.253 e. The molecule has 0 fully saturated rings. The largest absolute Gasteiger partial charge is 0.326 e. The molecule has 78 valence electrons. The summed E-state index contributed by atoms with van der Waals surface area (Å²) in [6, 6.07) is 5.07. The van der Waals surface area contributed by atoms with Crippen molar-refractivity contribution in [3.63, 3.8) is 0 Å². The lowest BCUT2D eigenvalue weighted by atomic mass is 10.1. The molecular formula is C11H11FN2O. The van der Waals surface area contributed by atoms with E-state index in [1.807, 2.05) is 0 Å². The van der Waals surface area contributed by atoms with E-state index in [9.17, 15) is 9.18 Å². The molecule has 4 heteroatoms. The van der Waals surface area contributed by atoms with Gasteiger partial charge in [-0.25, -0.2) is 4.39 Å². The fraction of sp³-hybridized carbons (Fsp3) is 0.182. The van der Waals surface area contributed by atoms with E-state index >= 15 is 0 Å². The van der Waals surface area contributed by atoms with Gasteiger partial charge in [-0.15, -0.1) is 0 Å². The van der Waals surface area contributed by atoms with E-state index in [0.29, 0.717) is 16.5 Å². The van der Waals surface area contributed by atoms with Crippen LogP contribution in [-0.4, -0.2) is 4.98 Å². The van der Waals surface area contributed by atoms with Gasteiger partial charge in [0.15, 0.2) is 0 Å². The van der Waals surface area contributed by atoms with Crippen LogP contribution in [0.2, 0.25) is 0 Å². The molecule has 0 amide bonds. The second-order valence-corrected chi connectivity index (χ2v) is 3.49. The molecule has 2 aromatic rings. The molecule has 0 aliphatic heterocycles. The predicted octanol–water partition coefficient (Wildman–Crippen LogP) is 1.43. The highest BCUT2D eigenvalue weighted by Gasteiger charge is 2.07. The predicted molar refractivity (Wildman–Crippen MR) is 57.2 cm³/mol. The summed E-state index contributed by atoms with van der Waals surface area (Å²) in [7, 11) is 0. The number of aromatic amines is 1. The van der Waals surface area contributed by atoms with Crippen molar-refractivity contribution in [2.24, 2.45) is 5.73 Å². The first-order chi connectivity index (χ1) is 7.13. The monoisotopic (exact) mass is 206 g/mol. The Morgan fingerprint density at radius 3 is 2.87 bits per heavy atom. The number of aromatic nitrogens is 1. The number of hydrogen-bond donors (Lipinski definition) is 2. The second-order valence-electron chi connectivity index (χ2n) is 3.49. The second kappa shape index (κ2) is 3.47. The highest BCUT2D eigenvalue weighted by molar-refractivity contribution is 5.80. The first-order valence-corrected chi connectivity index (χ1v) is 4.64. The Balaban J connectivity index is 2.87. The molecule has 0 unspecified atom stereocenters. The van der Waals surface area contributed by atoms with Crippen LogP contribution in [0.25, 0.3) is 10.9 Å². The maximum atomic E-state index is 13.6. The van der Waals surface area contributed by atoms with Gasteiger partial charge in [0.1, 0.15) is 5.82 Å². The van der Waals surface area contributed by atoms with Gasteiger partial charge >= 0.3 is 0 Å². The summed E-state index contributed by atoms with van der Waals surface area (Å²) in [4.78, 5) is 13.9. The fourth-order valence-corrected chi connectivity index (χ4v) is 1.54. The molecule has 1 heterocycles. The normalized spacial score (nSPS) is 10.9. The summed E-state index contributed by atoms with van der Waals surface area (Å²) < 4.78 is 13.6. The summed E-state index contributed by atoms with van der Waals surface area (Å²) >= 11 is 0. The molecule has 0 spiro atoms. The van der Waals surface area contributed by atoms with Crippen LogP contribution in [0.3, 0.4) is 0 Å². The van der Waals surface area contributed by atoms with E-state index < -0.39 is 0 Å². The molecule has 0 bridgehead atoms. The van der Waals surface area contributed by atoms with Crippen LogP contribution in [0.15, 0.2) is 23.0 Å². The minimum absolute atomic E-state index is 0.154. The van der Waals surface area contributed by atoms with Gasteiger partial charge in [-0.3, -0.25) is 4.79 Å². The topological polar surface area (TPSA) is 58.9 Å². The molecule has 3 N–H and O–H groups in total. The van der Waals surface area contributed by atoms with Crippen LogP contribution >= 0.6 is 0 Å². The maximum Gasteiger partial charge on any atom is 0.253 e. The maximum absolute atomic E-state index is 13.6. The van der Waals surface area contributed by atoms with Crippen LogP contribution in [-0.2, 0) is 6.54 Å².